The summed E-state index contributed by atoms with van der Waals surface area (Å²) in [6.07, 6.45) is 2.64. The van der Waals surface area contributed by atoms with Crippen LogP contribution in [0.1, 0.15) is 12.8 Å². The summed E-state index contributed by atoms with van der Waals surface area (Å²) in [5.74, 6) is 0.720. The third kappa shape index (κ3) is 1.44. The largest absolute Gasteiger partial charge is 0.488 e. The van der Waals surface area contributed by atoms with Crippen molar-refractivity contribution in [1.82, 2.24) is 0 Å². The Morgan fingerprint density at radius 2 is 2.00 bits per heavy atom. The van der Waals surface area contributed by atoms with Gasteiger partial charge in [0, 0.05) is 11.8 Å². The van der Waals surface area contributed by atoms with Crippen LogP contribution < -0.4 is 16.2 Å². The lowest BCUT2D eigenvalue weighted by Crippen LogP contribution is -2.00. The molecule has 0 atom stereocenters. The predicted molar refractivity (Wildman–Crippen MR) is 48.9 cm³/mol. The van der Waals surface area contributed by atoms with Gasteiger partial charge in [-0.1, -0.05) is 0 Å². The second kappa shape index (κ2) is 2.59. The highest BCUT2D eigenvalue weighted by Crippen LogP contribution is 2.31. The molecule has 0 heterocycles. The van der Waals surface area contributed by atoms with Crippen LogP contribution in [0.5, 0.6) is 5.75 Å². The van der Waals surface area contributed by atoms with Crippen LogP contribution in [-0.2, 0) is 0 Å². The van der Waals surface area contributed by atoms with E-state index >= 15 is 0 Å². The van der Waals surface area contributed by atoms with Gasteiger partial charge in [0.05, 0.1) is 11.8 Å². The molecule has 1 fully saturated rings. The minimum absolute atomic E-state index is 0.370. The lowest BCUT2D eigenvalue weighted by atomic mass is 10.2. The van der Waals surface area contributed by atoms with Gasteiger partial charge in [-0.05, 0) is 25.0 Å². The summed E-state index contributed by atoms with van der Waals surface area (Å²) < 4.78 is 5.53. The highest BCUT2D eigenvalue weighted by atomic mass is 16.5. The van der Waals surface area contributed by atoms with Crippen LogP contribution in [0, 0.1) is 0 Å². The zero-order valence-corrected chi connectivity index (χ0v) is 6.79. The van der Waals surface area contributed by atoms with E-state index in [9.17, 15) is 0 Å². The van der Waals surface area contributed by atoms with Crippen molar-refractivity contribution in [3.05, 3.63) is 18.2 Å². The zero-order chi connectivity index (χ0) is 8.55. The molecular formula is C9H12N2O. The summed E-state index contributed by atoms with van der Waals surface area (Å²) in [5.41, 5.74) is 12.6. The molecule has 0 spiro atoms. The molecule has 0 aromatic heterocycles. The van der Waals surface area contributed by atoms with Gasteiger partial charge in [0.25, 0.3) is 0 Å². The van der Waals surface area contributed by atoms with Gasteiger partial charge in [-0.2, -0.15) is 0 Å². The van der Waals surface area contributed by atoms with Gasteiger partial charge in [-0.3, -0.25) is 0 Å². The number of nitrogen functional groups attached to an aromatic ring is 2. The molecule has 0 radical (unpaired) electrons. The Morgan fingerprint density at radius 3 is 2.67 bits per heavy atom. The number of anilines is 2. The third-order valence-electron chi connectivity index (χ3n) is 1.86. The van der Waals surface area contributed by atoms with E-state index in [0.29, 0.717) is 17.5 Å². The zero-order valence-electron chi connectivity index (χ0n) is 6.79. The van der Waals surface area contributed by atoms with Crippen LogP contribution in [0.4, 0.5) is 11.4 Å². The maximum absolute atomic E-state index is 5.68. The normalized spacial score (nSPS) is 16.0. The standard InChI is InChI=1S/C9H12N2O/c10-6-1-4-8(11)9(5-6)12-7-2-3-7/h1,4-5,7H,2-3,10-11H2. The van der Waals surface area contributed by atoms with Crippen LogP contribution in [0.3, 0.4) is 0 Å². The van der Waals surface area contributed by atoms with Gasteiger partial charge in [-0.25, -0.2) is 0 Å². The predicted octanol–water partition coefficient (Wildman–Crippen LogP) is 1.39. The van der Waals surface area contributed by atoms with E-state index in [2.05, 4.69) is 0 Å². The van der Waals surface area contributed by atoms with Gasteiger partial charge < -0.3 is 16.2 Å². The third-order valence-corrected chi connectivity index (χ3v) is 1.86. The minimum atomic E-state index is 0.370. The number of rotatable bonds is 2. The first kappa shape index (κ1) is 7.28. The van der Waals surface area contributed by atoms with Crippen molar-refractivity contribution in [2.24, 2.45) is 0 Å². The molecule has 0 amide bonds. The topological polar surface area (TPSA) is 61.3 Å². The van der Waals surface area contributed by atoms with Crippen molar-refractivity contribution in [2.75, 3.05) is 11.5 Å². The van der Waals surface area contributed by atoms with Crippen molar-refractivity contribution in [2.45, 2.75) is 18.9 Å². The molecule has 1 aromatic carbocycles. The number of nitrogens with two attached hydrogens (primary N) is 2. The SMILES string of the molecule is Nc1ccc(N)c(OC2CC2)c1. The van der Waals surface area contributed by atoms with Crippen LogP contribution in [0.25, 0.3) is 0 Å². The van der Waals surface area contributed by atoms with E-state index in [1.165, 1.54) is 0 Å². The molecule has 4 N–H and O–H groups in total. The Bertz CT molecular complexity index is 295. The molecule has 64 valence electrons. The number of benzene rings is 1. The minimum Gasteiger partial charge on any atom is -0.488 e. The maximum atomic E-state index is 5.68. The molecule has 1 saturated carbocycles. The molecule has 0 aliphatic heterocycles. The molecule has 12 heavy (non-hydrogen) atoms. The Kier molecular flexibility index (Phi) is 1.57. The van der Waals surface area contributed by atoms with Crippen LogP contribution in [0.2, 0.25) is 0 Å². The van der Waals surface area contributed by atoms with Gasteiger partial charge in [0.15, 0.2) is 0 Å². The van der Waals surface area contributed by atoms with Crippen LogP contribution in [0.15, 0.2) is 18.2 Å². The summed E-state index contributed by atoms with van der Waals surface area (Å²) in [7, 11) is 0. The van der Waals surface area contributed by atoms with E-state index < -0.39 is 0 Å². The molecule has 3 heteroatoms. The van der Waals surface area contributed by atoms with Gasteiger partial charge >= 0.3 is 0 Å². The highest BCUT2D eigenvalue weighted by Gasteiger charge is 2.24. The average molecular weight is 164 g/mol. The fourth-order valence-electron chi connectivity index (χ4n) is 1.02. The lowest BCUT2D eigenvalue weighted by molar-refractivity contribution is 0.305. The van der Waals surface area contributed by atoms with Crippen molar-refractivity contribution in [3.8, 4) is 5.75 Å². The Balaban J connectivity index is 2.21. The van der Waals surface area contributed by atoms with E-state index in [1.807, 2.05) is 0 Å². The molecule has 1 aliphatic rings. The quantitative estimate of drug-likeness (QED) is 0.649. The second-order valence-corrected chi connectivity index (χ2v) is 3.11. The van der Waals surface area contributed by atoms with Crippen LogP contribution in [-0.4, -0.2) is 6.10 Å². The van der Waals surface area contributed by atoms with E-state index in [0.717, 1.165) is 18.6 Å². The summed E-state index contributed by atoms with van der Waals surface area (Å²) in [6.45, 7) is 0. The molecule has 3 nitrogen and oxygen atoms in total. The Labute approximate surface area is 71.3 Å². The Hall–Kier alpha value is -1.38. The van der Waals surface area contributed by atoms with Crippen molar-refractivity contribution >= 4 is 11.4 Å². The highest BCUT2D eigenvalue weighted by molar-refractivity contribution is 5.59. The van der Waals surface area contributed by atoms with Crippen molar-refractivity contribution in [3.63, 3.8) is 0 Å². The molecular weight excluding hydrogens is 152 g/mol. The van der Waals surface area contributed by atoms with Gasteiger partial charge in [-0.15, -0.1) is 0 Å². The number of hydrogen-bond donors (Lipinski definition) is 2. The first-order chi connectivity index (χ1) is 5.75. The number of ether oxygens (including phenoxy) is 1. The molecule has 0 bridgehead atoms. The summed E-state index contributed by atoms with van der Waals surface area (Å²) >= 11 is 0. The van der Waals surface area contributed by atoms with Gasteiger partial charge in [0.2, 0.25) is 0 Å². The van der Waals surface area contributed by atoms with Gasteiger partial charge in [0.1, 0.15) is 5.75 Å². The molecule has 0 unspecified atom stereocenters. The Morgan fingerprint density at radius 1 is 1.25 bits per heavy atom. The number of hydrogen-bond acceptors (Lipinski definition) is 3. The average Bonchev–Trinajstić information content (AvgIpc) is 2.81. The molecule has 1 aromatic rings. The summed E-state index contributed by atoms with van der Waals surface area (Å²) in [4.78, 5) is 0. The fourth-order valence-corrected chi connectivity index (χ4v) is 1.02. The molecule has 0 saturated heterocycles. The maximum Gasteiger partial charge on any atom is 0.144 e. The first-order valence-electron chi connectivity index (χ1n) is 4.07. The molecule has 2 rings (SSSR count). The first-order valence-corrected chi connectivity index (χ1v) is 4.07. The summed E-state index contributed by atoms with van der Waals surface area (Å²) in [6, 6.07) is 5.32. The lowest BCUT2D eigenvalue weighted by Gasteiger charge is -2.07. The van der Waals surface area contributed by atoms with Crippen LogP contribution >= 0.6 is 0 Å². The summed E-state index contributed by atoms with van der Waals surface area (Å²) in [5, 5.41) is 0. The van der Waals surface area contributed by atoms with E-state index in [1.54, 1.807) is 18.2 Å². The fraction of sp³-hybridized carbons (Fsp3) is 0.333. The smallest absolute Gasteiger partial charge is 0.144 e. The van der Waals surface area contributed by atoms with E-state index in [4.69, 9.17) is 16.2 Å². The van der Waals surface area contributed by atoms with E-state index in [-0.39, 0.29) is 0 Å². The monoisotopic (exact) mass is 164 g/mol. The second-order valence-electron chi connectivity index (χ2n) is 3.11. The van der Waals surface area contributed by atoms with Crippen molar-refractivity contribution in [1.29, 1.82) is 0 Å². The van der Waals surface area contributed by atoms with Crippen molar-refractivity contribution < 1.29 is 4.74 Å². The molecule has 1 aliphatic carbocycles.